The van der Waals surface area contributed by atoms with Gasteiger partial charge in [0.15, 0.2) is 0 Å². The van der Waals surface area contributed by atoms with E-state index in [-0.39, 0.29) is 12.5 Å². The van der Waals surface area contributed by atoms with E-state index in [1.165, 1.54) is 0 Å². The zero-order valence-corrected chi connectivity index (χ0v) is 13.2. The molecular weight excluding hydrogens is 264 g/mol. The van der Waals surface area contributed by atoms with E-state index in [1.54, 1.807) is 6.07 Å². The van der Waals surface area contributed by atoms with E-state index in [2.05, 4.69) is 12.2 Å². The van der Waals surface area contributed by atoms with Gasteiger partial charge in [-0.1, -0.05) is 25.8 Å². The summed E-state index contributed by atoms with van der Waals surface area (Å²) in [6, 6.07) is 3.66. The Morgan fingerprint density at radius 1 is 1.43 bits per heavy atom. The van der Waals surface area contributed by atoms with E-state index in [1.807, 2.05) is 19.9 Å². The lowest BCUT2D eigenvalue weighted by Gasteiger charge is -2.39. The number of rotatable bonds is 3. The second kappa shape index (κ2) is 6.06. The van der Waals surface area contributed by atoms with Crippen LogP contribution in [0.5, 0.6) is 0 Å². The molecule has 2 rings (SSSR count). The quantitative estimate of drug-likeness (QED) is 0.749. The molecule has 1 aliphatic rings. The van der Waals surface area contributed by atoms with Gasteiger partial charge in [-0.2, -0.15) is 0 Å². The zero-order valence-electron chi connectivity index (χ0n) is 13.2. The van der Waals surface area contributed by atoms with Crippen molar-refractivity contribution < 1.29 is 9.90 Å². The molecule has 4 heteroatoms. The van der Waals surface area contributed by atoms with Gasteiger partial charge in [0, 0.05) is 11.3 Å². The summed E-state index contributed by atoms with van der Waals surface area (Å²) in [5.74, 6) is 0.387. The molecule has 1 fully saturated rings. The van der Waals surface area contributed by atoms with Crippen molar-refractivity contribution in [3.63, 3.8) is 0 Å². The Hall–Kier alpha value is -1.55. The first-order valence-electron chi connectivity index (χ1n) is 7.67. The maximum atomic E-state index is 12.6. The van der Waals surface area contributed by atoms with Crippen LogP contribution in [0.3, 0.4) is 0 Å². The minimum absolute atomic E-state index is 0.0104. The number of carbonyl (C=O) groups is 1. The lowest BCUT2D eigenvalue weighted by atomic mass is 9.76. The number of nitrogen functional groups attached to an aromatic ring is 1. The third-order valence-corrected chi connectivity index (χ3v) is 4.63. The molecule has 1 saturated carbocycles. The summed E-state index contributed by atoms with van der Waals surface area (Å²) in [4.78, 5) is 12.6. The van der Waals surface area contributed by atoms with E-state index < -0.39 is 5.54 Å². The van der Waals surface area contributed by atoms with E-state index in [4.69, 9.17) is 5.73 Å². The molecule has 116 valence electrons. The number of amides is 1. The number of benzene rings is 1. The normalized spacial score (nSPS) is 25.6. The second-order valence-corrected chi connectivity index (χ2v) is 6.62. The molecule has 2 unspecified atom stereocenters. The van der Waals surface area contributed by atoms with Crippen molar-refractivity contribution in [3.8, 4) is 0 Å². The number of anilines is 1. The van der Waals surface area contributed by atoms with Gasteiger partial charge in [0.25, 0.3) is 5.91 Å². The van der Waals surface area contributed by atoms with E-state index in [9.17, 15) is 9.90 Å². The molecule has 0 aliphatic heterocycles. The monoisotopic (exact) mass is 290 g/mol. The van der Waals surface area contributed by atoms with Gasteiger partial charge in [0.1, 0.15) is 0 Å². The van der Waals surface area contributed by atoms with Crippen molar-refractivity contribution in [2.45, 2.75) is 52.0 Å². The predicted molar refractivity (Wildman–Crippen MR) is 85.2 cm³/mol. The zero-order chi connectivity index (χ0) is 15.6. The number of aliphatic hydroxyl groups is 1. The third kappa shape index (κ3) is 3.38. The average Bonchev–Trinajstić information content (AvgIpc) is 2.42. The van der Waals surface area contributed by atoms with Crippen molar-refractivity contribution in [1.29, 1.82) is 0 Å². The Balaban J connectivity index is 2.22. The molecule has 2 atom stereocenters. The summed E-state index contributed by atoms with van der Waals surface area (Å²) in [6.07, 6.45) is 3.86. The first kappa shape index (κ1) is 15.8. The topological polar surface area (TPSA) is 75.3 Å². The fourth-order valence-corrected chi connectivity index (χ4v) is 3.38. The van der Waals surface area contributed by atoms with Crippen LogP contribution < -0.4 is 11.1 Å². The highest BCUT2D eigenvalue weighted by atomic mass is 16.3. The first-order chi connectivity index (χ1) is 9.87. The van der Waals surface area contributed by atoms with Gasteiger partial charge >= 0.3 is 0 Å². The van der Waals surface area contributed by atoms with E-state index >= 15 is 0 Å². The number of nitrogens with one attached hydrogen (secondary N) is 1. The Kier molecular flexibility index (Phi) is 4.57. The van der Waals surface area contributed by atoms with Crippen LogP contribution in [0.4, 0.5) is 5.69 Å². The highest BCUT2D eigenvalue weighted by molar-refractivity contribution is 5.97. The molecule has 0 spiro atoms. The molecule has 1 aromatic rings. The molecule has 4 nitrogen and oxygen atoms in total. The minimum atomic E-state index is -0.485. The smallest absolute Gasteiger partial charge is 0.252 e. The van der Waals surface area contributed by atoms with Crippen LogP contribution in [-0.2, 0) is 0 Å². The first-order valence-corrected chi connectivity index (χ1v) is 7.67. The van der Waals surface area contributed by atoms with Gasteiger partial charge in [-0.3, -0.25) is 4.79 Å². The van der Waals surface area contributed by atoms with Gasteiger partial charge in [0.2, 0.25) is 0 Å². The maximum absolute atomic E-state index is 12.6. The molecule has 0 heterocycles. The number of hydrogen-bond donors (Lipinski definition) is 3. The van der Waals surface area contributed by atoms with Crippen LogP contribution in [0.1, 0.15) is 54.1 Å². The summed E-state index contributed by atoms with van der Waals surface area (Å²) in [7, 11) is 0. The molecule has 1 amide bonds. The average molecular weight is 290 g/mol. The summed E-state index contributed by atoms with van der Waals surface area (Å²) in [5.41, 5.74) is 8.55. The van der Waals surface area contributed by atoms with Gasteiger partial charge in [-0.15, -0.1) is 0 Å². The number of aliphatic hydroxyl groups excluding tert-OH is 1. The van der Waals surface area contributed by atoms with Crippen molar-refractivity contribution in [2.75, 3.05) is 12.3 Å². The number of hydrogen-bond acceptors (Lipinski definition) is 3. The summed E-state index contributed by atoms with van der Waals surface area (Å²) < 4.78 is 0. The predicted octanol–water partition coefficient (Wildman–Crippen LogP) is 2.56. The molecule has 21 heavy (non-hydrogen) atoms. The van der Waals surface area contributed by atoms with Crippen LogP contribution in [0.15, 0.2) is 12.1 Å². The Bertz CT molecular complexity index is 542. The Morgan fingerprint density at radius 2 is 2.14 bits per heavy atom. The molecule has 0 aromatic heterocycles. The Morgan fingerprint density at radius 3 is 2.76 bits per heavy atom. The molecule has 0 saturated heterocycles. The highest BCUT2D eigenvalue weighted by Crippen LogP contribution is 2.32. The second-order valence-electron chi connectivity index (χ2n) is 6.62. The standard InChI is InChI=1S/C17H26N2O2/c1-11-5-4-6-17(9-11,10-20)19-16(21)14-8-15(18)13(3)7-12(14)2/h7-8,11,20H,4-6,9-10,18H2,1-3H3,(H,19,21). The molecule has 0 radical (unpaired) electrons. The van der Waals surface area contributed by atoms with Crippen molar-refractivity contribution >= 4 is 11.6 Å². The van der Waals surface area contributed by atoms with Gasteiger partial charge in [0.05, 0.1) is 12.1 Å². The minimum Gasteiger partial charge on any atom is -0.398 e. The fourth-order valence-electron chi connectivity index (χ4n) is 3.38. The van der Waals surface area contributed by atoms with Crippen LogP contribution in [0.2, 0.25) is 0 Å². The SMILES string of the molecule is Cc1cc(C)c(C(=O)NC2(CO)CCCC(C)C2)cc1N. The Labute approximate surface area is 126 Å². The molecular formula is C17H26N2O2. The number of carbonyl (C=O) groups excluding carboxylic acids is 1. The molecule has 0 bridgehead atoms. The lowest BCUT2D eigenvalue weighted by Crippen LogP contribution is -2.54. The van der Waals surface area contributed by atoms with Crippen LogP contribution in [-0.4, -0.2) is 23.2 Å². The van der Waals surface area contributed by atoms with Gasteiger partial charge in [-0.25, -0.2) is 0 Å². The molecule has 4 N–H and O–H groups in total. The van der Waals surface area contributed by atoms with Crippen molar-refractivity contribution in [3.05, 3.63) is 28.8 Å². The summed E-state index contributed by atoms with van der Waals surface area (Å²) in [6.45, 7) is 6.01. The highest BCUT2D eigenvalue weighted by Gasteiger charge is 2.36. The van der Waals surface area contributed by atoms with E-state index in [0.717, 1.165) is 36.8 Å². The van der Waals surface area contributed by atoms with E-state index in [0.29, 0.717) is 17.2 Å². The molecule has 1 aliphatic carbocycles. The summed E-state index contributed by atoms with van der Waals surface area (Å²) in [5, 5.41) is 12.9. The summed E-state index contributed by atoms with van der Waals surface area (Å²) >= 11 is 0. The number of aryl methyl sites for hydroxylation is 2. The fraction of sp³-hybridized carbons (Fsp3) is 0.588. The van der Waals surface area contributed by atoms with Crippen LogP contribution in [0.25, 0.3) is 0 Å². The third-order valence-electron chi connectivity index (χ3n) is 4.63. The van der Waals surface area contributed by atoms with Crippen molar-refractivity contribution in [1.82, 2.24) is 5.32 Å². The number of nitrogens with two attached hydrogens (primary N) is 1. The molecule has 1 aromatic carbocycles. The maximum Gasteiger partial charge on any atom is 0.252 e. The van der Waals surface area contributed by atoms with Crippen LogP contribution >= 0.6 is 0 Å². The van der Waals surface area contributed by atoms with Gasteiger partial charge in [-0.05, 0) is 49.8 Å². The van der Waals surface area contributed by atoms with Gasteiger partial charge < -0.3 is 16.2 Å². The van der Waals surface area contributed by atoms with Crippen LogP contribution in [0, 0.1) is 19.8 Å². The largest absolute Gasteiger partial charge is 0.398 e. The van der Waals surface area contributed by atoms with Crippen molar-refractivity contribution in [2.24, 2.45) is 5.92 Å². The lowest BCUT2D eigenvalue weighted by molar-refractivity contribution is 0.0696.